The molecular formula is C23H32O2Si. The van der Waals surface area contributed by atoms with Gasteiger partial charge in [-0.05, 0) is 65.3 Å². The van der Waals surface area contributed by atoms with Crippen molar-refractivity contribution in [1.29, 1.82) is 0 Å². The zero-order chi connectivity index (χ0) is 19.5. The average Bonchev–Trinajstić information content (AvgIpc) is 2.48. The molecule has 0 aliphatic rings. The van der Waals surface area contributed by atoms with Gasteiger partial charge in [0.1, 0.15) is 11.2 Å². The largest absolute Gasteiger partial charge is 0.484 e. The summed E-state index contributed by atoms with van der Waals surface area (Å²) in [5.41, 5.74) is 1.75. The van der Waals surface area contributed by atoms with E-state index in [0.717, 1.165) is 17.1 Å². The highest BCUT2D eigenvalue weighted by molar-refractivity contribution is 6.68. The third-order valence-corrected chi connectivity index (χ3v) is 5.54. The first kappa shape index (κ1) is 20.3. The summed E-state index contributed by atoms with van der Waals surface area (Å²) in [6, 6.07) is 15.0. The van der Waals surface area contributed by atoms with E-state index in [-0.39, 0.29) is 11.2 Å². The normalized spacial score (nSPS) is 12.4. The molecule has 0 heterocycles. The second-order valence-electron chi connectivity index (χ2n) is 8.83. The van der Waals surface area contributed by atoms with Crippen molar-refractivity contribution < 1.29 is 9.47 Å². The second kappa shape index (κ2) is 7.71. The Morgan fingerprint density at radius 3 is 1.92 bits per heavy atom. The van der Waals surface area contributed by atoms with Crippen LogP contribution >= 0.6 is 0 Å². The number of hydrogen-bond donors (Lipinski definition) is 0. The van der Waals surface area contributed by atoms with E-state index in [1.165, 1.54) is 15.9 Å². The molecule has 0 amide bonds. The monoisotopic (exact) mass is 368 g/mol. The van der Waals surface area contributed by atoms with Crippen molar-refractivity contribution in [3.63, 3.8) is 0 Å². The van der Waals surface area contributed by atoms with Gasteiger partial charge in [0.25, 0.3) is 0 Å². The van der Waals surface area contributed by atoms with Crippen LogP contribution in [-0.2, 0) is 0 Å². The van der Waals surface area contributed by atoms with Crippen LogP contribution in [0.5, 0.6) is 11.5 Å². The molecule has 0 unspecified atom stereocenters. The molecule has 2 aromatic carbocycles. The molecule has 0 aliphatic carbocycles. The lowest BCUT2D eigenvalue weighted by Crippen LogP contribution is -2.34. The Balaban J connectivity index is 2.39. The van der Waals surface area contributed by atoms with Crippen molar-refractivity contribution in [2.75, 3.05) is 0 Å². The van der Waals surface area contributed by atoms with Gasteiger partial charge in [0, 0.05) is 0 Å². The number of hydrogen-bond acceptors (Lipinski definition) is 2. The first-order valence-electron chi connectivity index (χ1n) is 9.19. The predicted molar refractivity (Wildman–Crippen MR) is 116 cm³/mol. The third kappa shape index (κ3) is 6.06. The van der Waals surface area contributed by atoms with E-state index >= 15 is 0 Å². The van der Waals surface area contributed by atoms with Gasteiger partial charge in [-0.1, -0.05) is 53.7 Å². The summed E-state index contributed by atoms with van der Waals surface area (Å²) in [7, 11) is -0.682. The summed E-state index contributed by atoms with van der Waals surface area (Å²) < 4.78 is 12.5. The summed E-state index contributed by atoms with van der Waals surface area (Å²) in [6.45, 7) is 18.5. The molecule has 0 atom stereocenters. The first-order valence-corrected chi connectivity index (χ1v) is 10.6. The van der Waals surface area contributed by atoms with Gasteiger partial charge < -0.3 is 9.47 Å². The quantitative estimate of drug-likeness (QED) is 0.737. The molecule has 0 aromatic heterocycles. The summed E-state index contributed by atoms with van der Waals surface area (Å²) in [5, 5.41) is 2.64. The average molecular weight is 369 g/mol. The van der Waals surface area contributed by atoms with E-state index in [2.05, 4.69) is 84.5 Å². The Morgan fingerprint density at radius 1 is 0.846 bits per heavy atom. The Kier molecular flexibility index (Phi) is 6.02. The number of benzene rings is 2. The fourth-order valence-electron chi connectivity index (χ4n) is 2.66. The Hall–Kier alpha value is -2.00. The van der Waals surface area contributed by atoms with Crippen LogP contribution < -0.4 is 19.8 Å². The number of allylic oxidation sites excluding steroid dienone is 1. The molecule has 26 heavy (non-hydrogen) atoms. The molecule has 0 saturated carbocycles. The van der Waals surface area contributed by atoms with Crippen LogP contribution in [0.15, 0.2) is 49.0 Å². The SMILES string of the molecule is C=C(C)c1ccc([SiH2]c2cccc(OC(C)(C)C)c2OC(C)(C)C)cc1. The van der Waals surface area contributed by atoms with Crippen LogP contribution in [0.25, 0.3) is 5.57 Å². The fourth-order valence-corrected chi connectivity index (χ4v) is 4.23. The van der Waals surface area contributed by atoms with Gasteiger partial charge in [-0.2, -0.15) is 0 Å². The van der Waals surface area contributed by atoms with E-state index in [1.807, 2.05) is 13.0 Å². The summed E-state index contributed by atoms with van der Waals surface area (Å²) in [4.78, 5) is 0. The van der Waals surface area contributed by atoms with Crippen molar-refractivity contribution in [2.45, 2.75) is 59.7 Å². The van der Waals surface area contributed by atoms with Gasteiger partial charge in [-0.25, -0.2) is 0 Å². The summed E-state index contributed by atoms with van der Waals surface area (Å²) >= 11 is 0. The fraction of sp³-hybridized carbons (Fsp3) is 0.391. The van der Waals surface area contributed by atoms with Crippen LogP contribution in [0.3, 0.4) is 0 Å². The highest BCUT2D eigenvalue weighted by Crippen LogP contribution is 2.31. The van der Waals surface area contributed by atoms with Crippen molar-refractivity contribution in [2.24, 2.45) is 0 Å². The third-order valence-electron chi connectivity index (χ3n) is 3.73. The molecule has 0 N–H and O–H groups in total. The lowest BCUT2D eigenvalue weighted by molar-refractivity contribution is 0.0969. The molecular weight excluding hydrogens is 336 g/mol. The van der Waals surface area contributed by atoms with E-state index in [9.17, 15) is 0 Å². The van der Waals surface area contributed by atoms with E-state index in [4.69, 9.17) is 9.47 Å². The predicted octanol–water partition coefficient (Wildman–Crippen LogP) is 4.19. The van der Waals surface area contributed by atoms with Crippen LogP contribution in [0.4, 0.5) is 0 Å². The lowest BCUT2D eigenvalue weighted by Gasteiger charge is -2.28. The molecule has 0 aliphatic heterocycles. The molecule has 140 valence electrons. The highest BCUT2D eigenvalue weighted by atomic mass is 28.2. The molecule has 0 saturated heterocycles. The lowest BCUT2D eigenvalue weighted by atomic mass is 10.1. The zero-order valence-corrected chi connectivity index (χ0v) is 18.7. The maximum Gasteiger partial charge on any atom is 0.161 e. The minimum absolute atomic E-state index is 0.265. The minimum Gasteiger partial charge on any atom is -0.484 e. The van der Waals surface area contributed by atoms with Gasteiger partial charge >= 0.3 is 0 Å². The van der Waals surface area contributed by atoms with Crippen LogP contribution in [-0.4, -0.2) is 20.7 Å². The van der Waals surface area contributed by atoms with Crippen molar-refractivity contribution in [3.05, 3.63) is 54.6 Å². The maximum atomic E-state index is 6.34. The Bertz CT molecular complexity index is 762. The van der Waals surface area contributed by atoms with Gasteiger partial charge in [-0.15, -0.1) is 0 Å². The molecule has 2 aromatic rings. The summed E-state index contributed by atoms with van der Waals surface area (Å²) in [6.07, 6.45) is 0. The molecule has 2 rings (SSSR count). The number of para-hydroxylation sites is 1. The molecule has 0 fully saturated rings. The minimum atomic E-state index is -0.682. The van der Waals surface area contributed by atoms with Gasteiger partial charge in [0.2, 0.25) is 0 Å². The van der Waals surface area contributed by atoms with Crippen molar-refractivity contribution >= 4 is 25.5 Å². The highest BCUT2D eigenvalue weighted by Gasteiger charge is 2.22. The van der Waals surface area contributed by atoms with Crippen molar-refractivity contribution in [1.82, 2.24) is 0 Å². The molecule has 0 radical (unpaired) electrons. The first-order chi connectivity index (χ1) is 11.9. The smallest absolute Gasteiger partial charge is 0.161 e. The zero-order valence-electron chi connectivity index (χ0n) is 17.3. The molecule has 2 nitrogen and oxygen atoms in total. The van der Waals surface area contributed by atoms with Crippen molar-refractivity contribution in [3.8, 4) is 11.5 Å². The van der Waals surface area contributed by atoms with E-state index < -0.39 is 9.52 Å². The number of rotatable bonds is 5. The Labute approximate surface area is 161 Å². The van der Waals surface area contributed by atoms with E-state index in [0.29, 0.717) is 0 Å². The standard InChI is InChI=1S/C23H32O2Si/c1-16(2)17-12-14-18(15-13-17)26-20-11-9-10-19(24-22(3,4)5)21(20)25-23(6,7)8/h9-15H,1,26H2,2-8H3. The van der Waals surface area contributed by atoms with Gasteiger partial charge in [0.15, 0.2) is 11.5 Å². The summed E-state index contributed by atoms with van der Waals surface area (Å²) in [5.74, 6) is 1.72. The topological polar surface area (TPSA) is 18.5 Å². The van der Waals surface area contributed by atoms with Gasteiger partial charge in [-0.3, -0.25) is 0 Å². The van der Waals surface area contributed by atoms with E-state index in [1.54, 1.807) is 0 Å². The molecule has 3 heteroatoms. The maximum absolute atomic E-state index is 6.34. The van der Waals surface area contributed by atoms with Gasteiger partial charge in [0.05, 0.1) is 9.52 Å². The van der Waals surface area contributed by atoms with Crippen LogP contribution in [0, 0.1) is 0 Å². The van der Waals surface area contributed by atoms with Crippen LogP contribution in [0.2, 0.25) is 0 Å². The van der Waals surface area contributed by atoms with Crippen LogP contribution in [0.1, 0.15) is 54.0 Å². The number of ether oxygens (including phenoxy) is 2. The Morgan fingerprint density at radius 2 is 1.42 bits per heavy atom. The second-order valence-corrected chi connectivity index (χ2v) is 10.8. The molecule has 0 bridgehead atoms. The molecule has 0 spiro atoms.